The van der Waals surface area contributed by atoms with Crippen molar-refractivity contribution in [3.63, 3.8) is 0 Å². The van der Waals surface area contributed by atoms with Crippen LogP contribution < -0.4 is 5.73 Å². The van der Waals surface area contributed by atoms with Crippen LogP contribution in [0.2, 0.25) is 0 Å². The molecule has 1 unspecified atom stereocenters. The van der Waals surface area contributed by atoms with Gasteiger partial charge in [0.2, 0.25) is 10.0 Å². The minimum absolute atomic E-state index is 0.0202. The molecule has 0 bridgehead atoms. The van der Waals surface area contributed by atoms with Crippen molar-refractivity contribution in [1.82, 2.24) is 4.31 Å². The number of rotatable bonds is 4. The van der Waals surface area contributed by atoms with Gasteiger partial charge in [0.25, 0.3) is 0 Å². The lowest BCUT2D eigenvalue weighted by atomic mass is 10.1. The number of nitrogens with zero attached hydrogens (tertiary/aromatic N) is 1. The first-order chi connectivity index (χ1) is 8.95. The van der Waals surface area contributed by atoms with E-state index in [1.165, 1.54) is 16.4 Å². The molecule has 1 fully saturated rings. The highest BCUT2D eigenvalue weighted by Gasteiger charge is 2.32. The third-order valence-electron chi connectivity index (χ3n) is 3.28. The van der Waals surface area contributed by atoms with E-state index >= 15 is 0 Å². The fourth-order valence-corrected chi connectivity index (χ4v) is 3.77. The molecule has 19 heavy (non-hydrogen) atoms. The van der Waals surface area contributed by atoms with Crippen molar-refractivity contribution in [2.24, 2.45) is 11.7 Å². The van der Waals surface area contributed by atoms with Crippen LogP contribution in [-0.2, 0) is 10.0 Å². The van der Waals surface area contributed by atoms with E-state index in [1.54, 1.807) is 12.1 Å². The SMILES string of the molecule is NC(=S)c1ccc(S(=O)(=O)N2CCC(CO)C2)cc1. The van der Waals surface area contributed by atoms with Gasteiger partial charge in [0.15, 0.2) is 0 Å². The second-order valence-electron chi connectivity index (χ2n) is 4.59. The van der Waals surface area contributed by atoms with E-state index in [4.69, 9.17) is 23.1 Å². The number of thiocarbonyl (C=S) groups is 1. The molecule has 1 heterocycles. The first-order valence-corrected chi connectivity index (χ1v) is 7.81. The van der Waals surface area contributed by atoms with Gasteiger partial charge in [-0.05, 0) is 24.5 Å². The van der Waals surface area contributed by atoms with Gasteiger partial charge in [-0.2, -0.15) is 4.31 Å². The van der Waals surface area contributed by atoms with Crippen molar-refractivity contribution in [3.05, 3.63) is 29.8 Å². The Balaban J connectivity index is 2.22. The first kappa shape index (κ1) is 14.4. The van der Waals surface area contributed by atoms with Gasteiger partial charge in [-0.3, -0.25) is 0 Å². The number of sulfonamides is 1. The third kappa shape index (κ3) is 2.94. The lowest BCUT2D eigenvalue weighted by Crippen LogP contribution is -2.29. The van der Waals surface area contributed by atoms with Crippen molar-refractivity contribution in [2.75, 3.05) is 19.7 Å². The zero-order valence-electron chi connectivity index (χ0n) is 10.3. The highest BCUT2D eigenvalue weighted by atomic mass is 32.2. The lowest BCUT2D eigenvalue weighted by Gasteiger charge is -2.16. The van der Waals surface area contributed by atoms with Crippen molar-refractivity contribution < 1.29 is 13.5 Å². The Hall–Kier alpha value is -1.02. The lowest BCUT2D eigenvalue weighted by molar-refractivity contribution is 0.233. The van der Waals surface area contributed by atoms with Crippen molar-refractivity contribution >= 4 is 27.2 Å². The van der Waals surface area contributed by atoms with E-state index in [-0.39, 0.29) is 22.4 Å². The molecule has 0 saturated carbocycles. The summed E-state index contributed by atoms with van der Waals surface area (Å²) in [5, 5.41) is 9.07. The predicted molar refractivity (Wildman–Crippen MR) is 76.3 cm³/mol. The molecule has 5 nitrogen and oxygen atoms in total. The van der Waals surface area contributed by atoms with Crippen molar-refractivity contribution in [2.45, 2.75) is 11.3 Å². The summed E-state index contributed by atoms with van der Waals surface area (Å²) in [7, 11) is -3.49. The summed E-state index contributed by atoms with van der Waals surface area (Å²) in [5.41, 5.74) is 6.12. The van der Waals surface area contributed by atoms with E-state index in [0.29, 0.717) is 25.1 Å². The number of benzene rings is 1. The standard InChI is InChI=1S/C12H16N2O3S2/c13-12(18)10-1-3-11(4-2-10)19(16,17)14-6-5-9(7-14)8-15/h1-4,9,15H,5-8H2,(H2,13,18). The average Bonchev–Trinajstić information content (AvgIpc) is 2.88. The molecule has 0 spiro atoms. The largest absolute Gasteiger partial charge is 0.396 e. The molecule has 1 aliphatic heterocycles. The fourth-order valence-electron chi connectivity index (χ4n) is 2.10. The fraction of sp³-hybridized carbons (Fsp3) is 0.417. The Kier molecular flexibility index (Phi) is 4.19. The number of nitrogens with two attached hydrogens (primary N) is 1. The Bertz CT molecular complexity index is 569. The van der Waals surface area contributed by atoms with E-state index in [0.717, 1.165) is 0 Å². The minimum atomic E-state index is -3.49. The van der Waals surface area contributed by atoms with Crippen molar-refractivity contribution in [3.8, 4) is 0 Å². The molecule has 1 atom stereocenters. The molecule has 1 aromatic rings. The summed E-state index contributed by atoms with van der Waals surface area (Å²) in [6.07, 6.45) is 0.695. The average molecular weight is 300 g/mol. The quantitative estimate of drug-likeness (QED) is 0.783. The summed E-state index contributed by atoms with van der Waals surface area (Å²) < 4.78 is 26.1. The topological polar surface area (TPSA) is 83.6 Å². The van der Waals surface area contributed by atoms with Crippen LogP contribution in [0.1, 0.15) is 12.0 Å². The molecule has 0 radical (unpaired) electrons. The maximum Gasteiger partial charge on any atom is 0.243 e. The van der Waals surface area contributed by atoms with Crippen LogP contribution >= 0.6 is 12.2 Å². The Labute approximate surface area is 118 Å². The molecule has 7 heteroatoms. The highest BCUT2D eigenvalue weighted by molar-refractivity contribution is 7.89. The number of aliphatic hydroxyl groups is 1. The summed E-state index contributed by atoms with van der Waals surface area (Å²) in [5.74, 6) is 0.0330. The van der Waals surface area contributed by atoms with Crippen LogP contribution in [0.5, 0.6) is 0 Å². The second kappa shape index (κ2) is 5.54. The van der Waals surface area contributed by atoms with Crippen LogP contribution in [0, 0.1) is 5.92 Å². The summed E-state index contributed by atoms with van der Waals surface area (Å²) >= 11 is 4.83. The first-order valence-electron chi connectivity index (χ1n) is 5.96. The van der Waals surface area contributed by atoms with Gasteiger partial charge in [-0.25, -0.2) is 8.42 Å². The molecule has 3 N–H and O–H groups in total. The number of hydrogen-bond acceptors (Lipinski definition) is 4. The van der Waals surface area contributed by atoms with Gasteiger partial charge in [-0.1, -0.05) is 24.4 Å². The zero-order chi connectivity index (χ0) is 14.0. The Morgan fingerprint density at radius 1 is 1.42 bits per heavy atom. The van der Waals surface area contributed by atoms with Gasteiger partial charge in [0.05, 0.1) is 4.90 Å². The summed E-state index contributed by atoms with van der Waals surface area (Å²) in [6, 6.07) is 6.23. The predicted octanol–water partition coefficient (Wildman–Crippen LogP) is 0.324. The molecular weight excluding hydrogens is 284 g/mol. The Morgan fingerprint density at radius 3 is 2.53 bits per heavy atom. The smallest absolute Gasteiger partial charge is 0.243 e. The van der Waals surface area contributed by atoms with Crippen LogP contribution in [-0.4, -0.2) is 42.5 Å². The van der Waals surface area contributed by atoms with Gasteiger partial charge in [0.1, 0.15) is 4.99 Å². The number of aliphatic hydroxyl groups excluding tert-OH is 1. The molecule has 1 aliphatic rings. The Morgan fingerprint density at radius 2 is 2.05 bits per heavy atom. The highest BCUT2D eigenvalue weighted by Crippen LogP contribution is 2.24. The molecular formula is C12H16N2O3S2. The third-order valence-corrected chi connectivity index (χ3v) is 5.40. The zero-order valence-corrected chi connectivity index (χ0v) is 12.0. The van der Waals surface area contributed by atoms with Crippen LogP contribution in [0.3, 0.4) is 0 Å². The molecule has 0 aliphatic carbocycles. The summed E-state index contributed by atoms with van der Waals surface area (Å²) in [4.78, 5) is 0.469. The maximum absolute atomic E-state index is 12.4. The van der Waals surface area contributed by atoms with E-state index in [9.17, 15) is 8.42 Å². The summed E-state index contributed by atoms with van der Waals surface area (Å²) in [6.45, 7) is 0.840. The van der Waals surface area contributed by atoms with Gasteiger partial charge < -0.3 is 10.8 Å². The van der Waals surface area contributed by atoms with Gasteiger partial charge >= 0.3 is 0 Å². The normalized spacial score (nSPS) is 20.6. The van der Waals surface area contributed by atoms with Gasteiger partial charge in [-0.15, -0.1) is 0 Å². The van der Waals surface area contributed by atoms with Crippen LogP contribution in [0.15, 0.2) is 29.2 Å². The van der Waals surface area contributed by atoms with Crippen LogP contribution in [0.4, 0.5) is 0 Å². The molecule has 0 amide bonds. The van der Waals surface area contributed by atoms with E-state index in [2.05, 4.69) is 0 Å². The number of hydrogen-bond donors (Lipinski definition) is 2. The molecule has 0 aromatic heterocycles. The molecule has 1 saturated heterocycles. The molecule has 1 aromatic carbocycles. The maximum atomic E-state index is 12.4. The van der Waals surface area contributed by atoms with E-state index in [1.807, 2.05) is 0 Å². The second-order valence-corrected chi connectivity index (χ2v) is 6.97. The monoisotopic (exact) mass is 300 g/mol. The van der Waals surface area contributed by atoms with Crippen molar-refractivity contribution in [1.29, 1.82) is 0 Å². The minimum Gasteiger partial charge on any atom is -0.396 e. The van der Waals surface area contributed by atoms with E-state index < -0.39 is 10.0 Å². The molecule has 2 rings (SSSR count). The van der Waals surface area contributed by atoms with Crippen LogP contribution in [0.25, 0.3) is 0 Å². The van der Waals surface area contributed by atoms with Gasteiger partial charge in [0, 0.05) is 25.3 Å². The molecule has 104 valence electrons.